The molecule has 0 spiro atoms. The van der Waals surface area contributed by atoms with Gasteiger partial charge in [-0.25, -0.2) is 0 Å². The molecule has 2 unspecified atom stereocenters. The SMILES string of the molecule is CCC1CCCCC1OCC(=O)c1ccc(Cl)c(Cl)c1. The Labute approximate surface area is 130 Å². The van der Waals surface area contributed by atoms with Crippen molar-refractivity contribution in [2.75, 3.05) is 6.61 Å². The average Bonchev–Trinajstić information content (AvgIpc) is 2.47. The fraction of sp³-hybridized carbons (Fsp3) is 0.562. The van der Waals surface area contributed by atoms with E-state index < -0.39 is 0 Å². The quantitative estimate of drug-likeness (QED) is 0.701. The summed E-state index contributed by atoms with van der Waals surface area (Å²) in [5.41, 5.74) is 0.559. The molecule has 0 saturated heterocycles. The van der Waals surface area contributed by atoms with Crippen molar-refractivity contribution in [1.82, 2.24) is 0 Å². The molecule has 0 aromatic heterocycles. The predicted molar refractivity (Wildman–Crippen MR) is 82.8 cm³/mol. The molecule has 1 aliphatic rings. The summed E-state index contributed by atoms with van der Waals surface area (Å²) in [6.07, 6.45) is 6.09. The van der Waals surface area contributed by atoms with Gasteiger partial charge in [0, 0.05) is 5.56 Å². The number of rotatable bonds is 5. The topological polar surface area (TPSA) is 26.3 Å². The zero-order valence-electron chi connectivity index (χ0n) is 11.7. The van der Waals surface area contributed by atoms with Gasteiger partial charge in [0.2, 0.25) is 0 Å². The Kier molecular flexibility index (Phi) is 5.88. The summed E-state index contributed by atoms with van der Waals surface area (Å²) in [5, 5.41) is 0.865. The standard InChI is InChI=1S/C16H20Cl2O2/c1-2-11-5-3-4-6-16(11)20-10-15(19)12-7-8-13(17)14(18)9-12/h7-9,11,16H,2-6,10H2,1H3. The van der Waals surface area contributed by atoms with E-state index in [-0.39, 0.29) is 18.5 Å². The van der Waals surface area contributed by atoms with Crippen LogP contribution in [0.25, 0.3) is 0 Å². The molecule has 2 atom stereocenters. The minimum Gasteiger partial charge on any atom is -0.370 e. The van der Waals surface area contributed by atoms with E-state index >= 15 is 0 Å². The molecule has 0 bridgehead atoms. The number of halogens is 2. The zero-order valence-corrected chi connectivity index (χ0v) is 13.2. The molecule has 1 fully saturated rings. The van der Waals surface area contributed by atoms with Crippen LogP contribution < -0.4 is 0 Å². The van der Waals surface area contributed by atoms with Crippen LogP contribution >= 0.6 is 23.2 Å². The fourth-order valence-corrected chi connectivity index (χ4v) is 3.09. The molecule has 2 rings (SSSR count). The van der Waals surface area contributed by atoms with Crippen LogP contribution in [0.3, 0.4) is 0 Å². The minimum absolute atomic E-state index is 0.0380. The van der Waals surface area contributed by atoms with E-state index in [0.717, 1.165) is 12.8 Å². The molecule has 1 aliphatic carbocycles. The summed E-state index contributed by atoms with van der Waals surface area (Å²) in [6, 6.07) is 4.94. The molecule has 1 saturated carbocycles. The molecule has 110 valence electrons. The third kappa shape index (κ3) is 3.97. The van der Waals surface area contributed by atoms with Gasteiger partial charge in [-0.05, 0) is 37.0 Å². The molecule has 0 N–H and O–H groups in total. The second-order valence-corrected chi connectivity index (χ2v) is 6.17. The van der Waals surface area contributed by atoms with Crippen molar-refractivity contribution in [3.8, 4) is 0 Å². The van der Waals surface area contributed by atoms with Crippen molar-refractivity contribution in [1.29, 1.82) is 0 Å². The molecule has 0 radical (unpaired) electrons. The number of hydrogen-bond acceptors (Lipinski definition) is 2. The Balaban J connectivity index is 1.92. The van der Waals surface area contributed by atoms with Gasteiger partial charge in [-0.2, -0.15) is 0 Å². The molecule has 1 aromatic rings. The molecular formula is C16H20Cl2O2. The number of Topliss-reactive ketones (excluding diaryl/α,β-unsaturated/α-hetero) is 1. The van der Waals surface area contributed by atoms with Gasteiger partial charge in [-0.3, -0.25) is 4.79 Å². The lowest BCUT2D eigenvalue weighted by molar-refractivity contribution is -0.00570. The highest BCUT2D eigenvalue weighted by molar-refractivity contribution is 6.42. The van der Waals surface area contributed by atoms with Crippen molar-refractivity contribution in [2.45, 2.75) is 45.1 Å². The largest absolute Gasteiger partial charge is 0.370 e. The molecule has 0 heterocycles. The molecule has 20 heavy (non-hydrogen) atoms. The van der Waals surface area contributed by atoms with Crippen LogP contribution in [0.4, 0.5) is 0 Å². The molecule has 2 nitrogen and oxygen atoms in total. The monoisotopic (exact) mass is 314 g/mol. The Bertz CT molecular complexity index is 474. The van der Waals surface area contributed by atoms with Gasteiger partial charge >= 0.3 is 0 Å². The number of ether oxygens (including phenoxy) is 1. The number of carbonyl (C=O) groups excluding carboxylic acids is 1. The van der Waals surface area contributed by atoms with Crippen molar-refractivity contribution < 1.29 is 9.53 Å². The maximum absolute atomic E-state index is 12.1. The summed E-state index contributed by atoms with van der Waals surface area (Å²) in [5.74, 6) is 0.550. The average molecular weight is 315 g/mol. The first kappa shape index (κ1) is 15.8. The second kappa shape index (κ2) is 7.44. The van der Waals surface area contributed by atoms with Gasteiger partial charge in [-0.1, -0.05) is 49.4 Å². The molecule has 0 aliphatic heterocycles. The van der Waals surface area contributed by atoms with Crippen LogP contribution in [-0.2, 0) is 4.74 Å². The van der Waals surface area contributed by atoms with E-state index in [2.05, 4.69) is 6.92 Å². The summed E-state index contributed by atoms with van der Waals surface area (Å²) >= 11 is 11.8. The van der Waals surface area contributed by atoms with Gasteiger partial charge < -0.3 is 4.74 Å². The van der Waals surface area contributed by atoms with Crippen LogP contribution in [-0.4, -0.2) is 18.5 Å². The van der Waals surface area contributed by atoms with Gasteiger partial charge in [0.15, 0.2) is 5.78 Å². The predicted octanol–water partition coefficient (Wildman–Crippen LogP) is 5.16. The number of hydrogen-bond donors (Lipinski definition) is 0. The Morgan fingerprint density at radius 1 is 1.25 bits per heavy atom. The Hall–Kier alpha value is -0.570. The van der Waals surface area contributed by atoms with Crippen LogP contribution in [0, 0.1) is 5.92 Å². The van der Waals surface area contributed by atoms with Crippen molar-refractivity contribution >= 4 is 29.0 Å². The van der Waals surface area contributed by atoms with Crippen LogP contribution in [0.1, 0.15) is 49.4 Å². The molecule has 1 aromatic carbocycles. The third-order valence-electron chi connectivity index (χ3n) is 4.03. The normalized spacial score (nSPS) is 22.8. The first-order valence-electron chi connectivity index (χ1n) is 7.21. The van der Waals surface area contributed by atoms with Gasteiger partial charge in [-0.15, -0.1) is 0 Å². The summed E-state index contributed by atoms with van der Waals surface area (Å²) in [7, 11) is 0. The maximum Gasteiger partial charge on any atom is 0.188 e. The highest BCUT2D eigenvalue weighted by Crippen LogP contribution is 2.29. The maximum atomic E-state index is 12.1. The van der Waals surface area contributed by atoms with Crippen molar-refractivity contribution in [2.24, 2.45) is 5.92 Å². The Morgan fingerprint density at radius 3 is 2.70 bits per heavy atom. The summed E-state index contributed by atoms with van der Waals surface area (Å²) < 4.78 is 5.85. The lowest BCUT2D eigenvalue weighted by Gasteiger charge is -2.30. The van der Waals surface area contributed by atoms with E-state index in [4.69, 9.17) is 27.9 Å². The minimum atomic E-state index is -0.0380. The molecular weight excluding hydrogens is 295 g/mol. The number of ketones is 1. The number of carbonyl (C=O) groups is 1. The Morgan fingerprint density at radius 2 is 2.00 bits per heavy atom. The summed E-state index contributed by atoms with van der Waals surface area (Å²) in [4.78, 5) is 12.1. The highest BCUT2D eigenvalue weighted by Gasteiger charge is 2.25. The van der Waals surface area contributed by atoms with E-state index in [0.29, 0.717) is 21.5 Å². The van der Waals surface area contributed by atoms with Crippen molar-refractivity contribution in [3.05, 3.63) is 33.8 Å². The second-order valence-electron chi connectivity index (χ2n) is 5.35. The van der Waals surface area contributed by atoms with E-state index in [1.807, 2.05) is 0 Å². The lowest BCUT2D eigenvalue weighted by atomic mass is 9.85. The van der Waals surface area contributed by atoms with Gasteiger partial charge in [0.1, 0.15) is 6.61 Å². The van der Waals surface area contributed by atoms with Crippen LogP contribution in [0.5, 0.6) is 0 Å². The number of benzene rings is 1. The summed E-state index contributed by atoms with van der Waals surface area (Å²) in [6.45, 7) is 2.31. The van der Waals surface area contributed by atoms with Crippen LogP contribution in [0.15, 0.2) is 18.2 Å². The van der Waals surface area contributed by atoms with Crippen LogP contribution in [0.2, 0.25) is 10.0 Å². The van der Waals surface area contributed by atoms with E-state index in [9.17, 15) is 4.79 Å². The highest BCUT2D eigenvalue weighted by atomic mass is 35.5. The van der Waals surface area contributed by atoms with Gasteiger partial charge in [0.25, 0.3) is 0 Å². The van der Waals surface area contributed by atoms with E-state index in [1.54, 1.807) is 18.2 Å². The lowest BCUT2D eigenvalue weighted by Crippen LogP contribution is -2.29. The van der Waals surface area contributed by atoms with Gasteiger partial charge in [0.05, 0.1) is 16.1 Å². The third-order valence-corrected chi connectivity index (χ3v) is 4.77. The zero-order chi connectivity index (χ0) is 14.5. The van der Waals surface area contributed by atoms with E-state index in [1.165, 1.54) is 19.3 Å². The first-order chi connectivity index (χ1) is 9.61. The van der Waals surface area contributed by atoms with Crippen molar-refractivity contribution in [3.63, 3.8) is 0 Å². The fourth-order valence-electron chi connectivity index (χ4n) is 2.80. The molecule has 4 heteroatoms. The first-order valence-corrected chi connectivity index (χ1v) is 7.97. The smallest absolute Gasteiger partial charge is 0.188 e. The molecule has 0 amide bonds.